The van der Waals surface area contributed by atoms with E-state index in [2.05, 4.69) is 98.7 Å². The van der Waals surface area contributed by atoms with E-state index in [0.29, 0.717) is 0 Å². The Morgan fingerprint density at radius 3 is 1.03 bits per heavy atom. The molecule has 0 radical (unpaired) electrons. The van der Waals surface area contributed by atoms with Gasteiger partial charge in [0.25, 0.3) is 0 Å². The van der Waals surface area contributed by atoms with Gasteiger partial charge in [-0.3, -0.25) is 0 Å². The number of aryl methyl sites for hydroxylation is 9. The molecule has 0 atom stereocenters. The first-order chi connectivity index (χ1) is 13.6. The molecule has 150 valence electrons. The Labute approximate surface area is 180 Å². The third kappa shape index (κ3) is 4.49. The maximum atomic E-state index is 2.38. The molecule has 0 saturated heterocycles. The maximum Gasteiger partial charge on any atom is -0.0397 e. The zero-order chi connectivity index (χ0) is 21.5. The first kappa shape index (κ1) is 21.8. The summed E-state index contributed by atoms with van der Waals surface area (Å²) in [7, 11) is -0.109. The molecule has 0 aromatic heterocycles. The normalized spacial score (nSPS) is 10.9. The van der Waals surface area contributed by atoms with Crippen molar-refractivity contribution in [3.63, 3.8) is 0 Å². The van der Waals surface area contributed by atoms with Crippen molar-refractivity contribution in [2.45, 2.75) is 62.3 Å². The monoisotopic (exact) mass is 413 g/mol. The SMILES string of the molecule is Cc1cc(C)c([Si-]=[Si](c2c(C)cc(C)cc2C)c2c(C)cc(C)cc2C)c(C)c1. The highest BCUT2D eigenvalue weighted by atomic mass is 28.9. The van der Waals surface area contributed by atoms with E-state index in [9.17, 15) is 0 Å². The Hall–Kier alpha value is -1.91. The van der Waals surface area contributed by atoms with Gasteiger partial charge in [-0.1, -0.05) is 96.8 Å². The van der Waals surface area contributed by atoms with Gasteiger partial charge in [0.1, 0.15) is 0 Å². The van der Waals surface area contributed by atoms with E-state index in [1.807, 2.05) is 0 Å². The van der Waals surface area contributed by atoms with Crippen molar-refractivity contribution in [1.29, 1.82) is 0 Å². The van der Waals surface area contributed by atoms with Crippen LogP contribution in [0.25, 0.3) is 0 Å². The van der Waals surface area contributed by atoms with Gasteiger partial charge in [0.2, 0.25) is 0 Å². The van der Waals surface area contributed by atoms with E-state index in [4.69, 9.17) is 0 Å². The molecule has 0 fully saturated rings. The summed E-state index contributed by atoms with van der Waals surface area (Å²) < 4.78 is 0. The van der Waals surface area contributed by atoms with Gasteiger partial charge in [-0.15, -0.1) is 7.89 Å². The van der Waals surface area contributed by atoms with Crippen LogP contribution in [0.5, 0.6) is 0 Å². The van der Waals surface area contributed by atoms with Crippen LogP contribution in [-0.2, 0) is 0 Å². The molecule has 0 aliphatic rings. The van der Waals surface area contributed by atoms with Crippen LogP contribution in [0.4, 0.5) is 0 Å². The van der Waals surface area contributed by atoms with Crippen molar-refractivity contribution < 1.29 is 0 Å². The first-order valence-electron chi connectivity index (χ1n) is 10.5. The summed E-state index contributed by atoms with van der Waals surface area (Å²) in [6.07, 6.45) is 0. The van der Waals surface area contributed by atoms with Gasteiger partial charge >= 0.3 is 0 Å². The van der Waals surface area contributed by atoms with E-state index in [-0.39, 0.29) is 0 Å². The lowest BCUT2D eigenvalue weighted by molar-refractivity contribution is 1.34. The highest BCUT2D eigenvalue weighted by molar-refractivity contribution is 7.07. The number of rotatable bonds is 3. The molecular formula is C27H33Si2-. The summed E-state index contributed by atoms with van der Waals surface area (Å²) in [5.41, 5.74) is 12.9. The highest BCUT2D eigenvalue weighted by Crippen LogP contribution is 2.11. The van der Waals surface area contributed by atoms with Crippen LogP contribution in [0.2, 0.25) is 0 Å². The number of benzene rings is 3. The second-order valence-corrected chi connectivity index (χ2v) is 13.6. The fraction of sp³-hybridized carbons (Fsp3) is 0.333. The number of hydrogen-bond donors (Lipinski definition) is 0. The van der Waals surface area contributed by atoms with Crippen LogP contribution in [0.3, 0.4) is 0 Å². The fourth-order valence-corrected chi connectivity index (χ4v) is 13.1. The highest BCUT2D eigenvalue weighted by Gasteiger charge is 2.11. The van der Waals surface area contributed by atoms with Gasteiger partial charge < -0.3 is 8.61 Å². The molecule has 0 unspecified atom stereocenters. The average molecular weight is 414 g/mol. The molecule has 0 bridgehead atoms. The van der Waals surface area contributed by atoms with Crippen molar-refractivity contribution >= 4 is 32.1 Å². The van der Waals surface area contributed by atoms with E-state index < -0.39 is 7.89 Å². The lowest BCUT2D eigenvalue weighted by Gasteiger charge is -2.29. The molecule has 0 saturated carbocycles. The van der Waals surface area contributed by atoms with Crippen LogP contribution >= 0.6 is 0 Å². The van der Waals surface area contributed by atoms with Gasteiger partial charge in [-0.2, -0.15) is 0 Å². The van der Waals surface area contributed by atoms with Crippen molar-refractivity contribution in [3.05, 3.63) is 86.5 Å². The molecule has 3 rings (SSSR count). The summed E-state index contributed by atoms with van der Waals surface area (Å²) in [6.45, 7) is 20.5. The Balaban J connectivity index is 2.42. The molecule has 0 heterocycles. The topological polar surface area (TPSA) is 0 Å². The van der Waals surface area contributed by atoms with Crippen molar-refractivity contribution in [2.24, 2.45) is 0 Å². The second-order valence-electron chi connectivity index (χ2n) is 8.82. The van der Waals surface area contributed by atoms with Crippen molar-refractivity contribution in [2.75, 3.05) is 0 Å². The molecule has 0 N–H and O–H groups in total. The second kappa shape index (κ2) is 8.45. The predicted octanol–water partition coefficient (Wildman–Crippen LogP) is 4.60. The van der Waals surface area contributed by atoms with E-state index in [1.165, 1.54) is 50.1 Å². The van der Waals surface area contributed by atoms with Crippen LogP contribution in [0.1, 0.15) is 50.1 Å². The van der Waals surface area contributed by atoms with E-state index >= 15 is 0 Å². The minimum absolute atomic E-state index is 0.825. The predicted molar refractivity (Wildman–Crippen MR) is 132 cm³/mol. The molecule has 0 nitrogen and oxygen atoms in total. The first-order valence-corrected chi connectivity index (χ1v) is 14.0. The van der Waals surface area contributed by atoms with Crippen LogP contribution in [0, 0.1) is 62.3 Å². The van der Waals surface area contributed by atoms with Gasteiger partial charge in [-0.25, -0.2) is 5.19 Å². The van der Waals surface area contributed by atoms with Gasteiger partial charge in [0.15, 0.2) is 0 Å². The van der Waals surface area contributed by atoms with E-state index in [0.717, 1.165) is 8.61 Å². The Bertz CT molecular complexity index is 1000. The standard InChI is InChI=1S/C27H33Si2/c1-16-10-19(4)25(20(5)11-16)28-29(26-21(6)12-17(2)13-22(26)7)27-23(8)14-18(3)15-24(27)9/h10-15H,1-9H3/q-1. The van der Waals surface area contributed by atoms with Crippen LogP contribution < -0.4 is 15.6 Å². The molecule has 3 aromatic rings. The number of hydrogen-bond acceptors (Lipinski definition) is 0. The molecule has 0 aliphatic carbocycles. The van der Waals surface area contributed by atoms with Gasteiger partial charge in [-0.05, 0) is 62.3 Å². The minimum Gasteiger partial charge on any atom is -0.408 e. The summed E-state index contributed by atoms with van der Waals surface area (Å²) in [6, 6.07) is 14.2. The average Bonchev–Trinajstić information content (AvgIpc) is 2.55. The largest absolute Gasteiger partial charge is 0.408 e. The summed E-state index contributed by atoms with van der Waals surface area (Å²) in [4.78, 5) is 0. The lowest BCUT2D eigenvalue weighted by atomic mass is 10.1. The molecule has 29 heavy (non-hydrogen) atoms. The van der Waals surface area contributed by atoms with Crippen molar-refractivity contribution in [1.82, 2.24) is 0 Å². The minimum atomic E-state index is -0.935. The van der Waals surface area contributed by atoms with Crippen LogP contribution in [0.15, 0.2) is 36.4 Å². The molecule has 0 aliphatic heterocycles. The molecule has 3 aromatic carbocycles. The van der Waals surface area contributed by atoms with Gasteiger partial charge in [0.05, 0.1) is 0 Å². The zero-order valence-corrected chi connectivity index (χ0v) is 21.5. The lowest BCUT2D eigenvalue weighted by Crippen LogP contribution is -2.45. The molecule has 0 spiro atoms. The van der Waals surface area contributed by atoms with Crippen LogP contribution in [-0.4, -0.2) is 16.5 Å². The zero-order valence-electron chi connectivity index (χ0n) is 19.5. The summed E-state index contributed by atoms with van der Waals surface area (Å²) in [5.74, 6) is 0. The fourth-order valence-electron chi connectivity index (χ4n) is 4.90. The molecule has 0 amide bonds. The van der Waals surface area contributed by atoms with Gasteiger partial charge in [0, 0.05) is 0 Å². The van der Waals surface area contributed by atoms with Crippen molar-refractivity contribution in [3.8, 4) is 0 Å². The molecule has 2 heteroatoms. The summed E-state index contributed by atoms with van der Waals surface area (Å²) in [5, 5.41) is 4.81. The quantitative estimate of drug-likeness (QED) is 0.551. The smallest absolute Gasteiger partial charge is 0.0397 e. The van der Waals surface area contributed by atoms with E-state index in [1.54, 1.807) is 15.6 Å². The Morgan fingerprint density at radius 2 is 0.724 bits per heavy atom. The maximum absolute atomic E-state index is 2.38. The third-order valence-corrected chi connectivity index (χ3v) is 12.6. The summed E-state index contributed by atoms with van der Waals surface area (Å²) >= 11 is 0. The Kier molecular flexibility index (Phi) is 6.35. The molecular weight excluding hydrogens is 380 g/mol. The Morgan fingerprint density at radius 1 is 0.448 bits per heavy atom. The third-order valence-electron chi connectivity index (χ3n) is 5.78.